The summed E-state index contributed by atoms with van der Waals surface area (Å²) in [6.45, 7) is 0. The number of nitrogens with one attached hydrogen (secondary N) is 1. The highest BCUT2D eigenvalue weighted by atomic mass is 16.4. The minimum atomic E-state index is -1.34. The zero-order valence-corrected chi connectivity index (χ0v) is 6.27. The molecule has 1 unspecified atom stereocenters. The summed E-state index contributed by atoms with van der Waals surface area (Å²) in [5, 5.41) is 10.5. The third-order valence-electron chi connectivity index (χ3n) is 1.57. The number of hydrogen-bond acceptors (Lipinski definition) is 3. The van der Waals surface area contributed by atoms with Crippen molar-refractivity contribution in [2.75, 3.05) is 7.05 Å². The highest BCUT2D eigenvalue weighted by Gasteiger charge is 2.42. The average Bonchev–Trinajstić information content (AvgIpc) is 1.97. The third-order valence-corrected chi connectivity index (χ3v) is 1.57. The fourth-order valence-corrected chi connectivity index (χ4v) is 0.698. The molecule has 0 spiro atoms. The molecule has 0 aromatic heterocycles. The Morgan fingerprint density at radius 2 is 2.17 bits per heavy atom. The van der Waals surface area contributed by atoms with Crippen LogP contribution in [0.25, 0.3) is 0 Å². The van der Waals surface area contributed by atoms with Gasteiger partial charge in [0.15, 0.2) is 0 Å². The van der Waals surface area contributed by atoms with Crippen LogP contribution in [0.2, 0.25) is 0 Å². The molecule has 0 fully saturated rings. The first-order valence-corrected chi connectivity index (χ1v) is 3.11. The number of quaternary nitrogens is 1. The van der Waals surface area contributed by atoms with Crippen LogP contribution >= 0.6 is 0 Å². The maximum absolute atomic E-state index is 11.0. The van der Waals surface area contributed by atoms with Gasteiger partial charge in [0.1, 0.15) is 6.20 Å². The highest BCUT2D eigenvalue weighted by molar-refractivity contribution is 6.02. The van der Waals surface area contributed by atoms with E-state index in [4.69, 9.17) is 5.11 Å². The molecule has 1 heterocycles. The first-order valence-electron chi connectivity index (χ1n) is 3.11. The van der Waals surface area contributed by atoms with Crippen LogP contribution in [-0.2, 0) is 4.79 Å². The Morgan fingerprint density at radius 1 is 1.58 bits per heavy atom. The molecule has 1 aliphatic rings. The van der Waals surface area contributed by atoms with Gasteiger partial charge in [-0.1, -0.05) is 0 Å². The van der Waals surface area contributed by atoms with Crippen LogP contribution in [0.15, 0.2) is 12.3 Å². The Morgan fingerprint density at radius 3 is 2.58 bits per heavy atom. The zero-order chi connectivity index (χ0) is 9.35. The normalized spacial score (nSPS) is 28.4. The number of rotatable bonds is 0. The predicted molar refractivity (Wildman–Crippen MR) is 36.9 cm³/mol. The molecule has 0 saturated carbocycles. The van der Waals surface area contributed by atoms with Gasteiger partial charge in [-0.25, -0.2) is 10.1 Å². The molecule has 4 amide bonds. The van der Waals surface area contributed by atoms with E-state index < -0.39 is 22.5 Å². The van der Waals surface area contributed by atoms with Gasteiger partial charge in [-0.05, 0) is 0 Å². The molecular formula is C6H7N2O4+. The van der Waals surface area contributed by atoms with E-state index in [1.54, 1.807) is 0 Å². The van der Waals surface area contributed by atoms with Crippen LogP contribution in [0.4, 0.5) is 9.59 Å². The number of carbonyl (C=O) groups is 3. The lowest BCUT2D eigenvalue weighted by Crippen LogP contribution is -2.57. The fourth-order valence-electron chi connectivity index (χ4n) is 0.698. The maximum Gasteiger partial charge on any atom is 0.527 e. The van der Waals surface area contributed by atoms with Crippen molar-refractivity contribution in [3.05, 3.63) is 12.3 Å². The maximum atomic E-state index is 11.0. The molecule has 6 heteroatoms. The van der Waals surface area contributed by atoms with E-state index in [-0.39, 0.29) is 0 Å². The third kappa shape index (κ3) is 1.08. The Kier molecular flexibility index (Phi) is 1.69. The molecule has 0 saturated heterocycles. The number of carboxylic acid groups (broad SMARTS) is 1. The average molecular weight is 171 g/mol. The van der Waals surface area contributed by atoms with Crippen LogP contribution in [0.1, 0.15) is 0 Å². The summed E-state index contributed by atoms with van der Waals surface area (Å²) in [6, 6.07) is -0.866. The van der Waals surface area contributed by atoms with E-state index in [0.29, 0.717) is 0 Å². The van der Waals surface area contributed by atoms with E-state index >= 15 is 0 Å². The molecule has 64 valence electrons. The van der Waals surface area contributed by atoms with Crippen LogP contribution in [0, 0.1) is 0 Å². The second-order valence-corrected chi connectivity index (χ2v) is 2.47. The molecule has 1 rings (SSSR count). The molecular weight excluding hydrogens is 164 g/mol. The van der Waals surface area contributed by atoms with Crippen molar-refractivity contribution in [2.45, 2.75) is 0 Å². The van der Waals surface area contributed by atoms with Gasteiger partial charge < -0.3 is 5.11 Å². The van der Waals surface area contributed by atoms with Gasteiger partial charge in [0.2, 0.25) is 0 Å². The topological polar surface area (TPSA) is 83.5 Å². The van der Waals surface area contributed by atoms with Crippen molar-refractivity contribution in [1.82, 2.24) is 5.32 Å². The zero-order valence-electron chi connectivity index (χ0n) is 6.27. The monoisotopic (exact) mass is 171 g/mol. The molecule has 0 aromatic carbocycles. The Labute approximate surface area is 67.7 Å². The van der Waals surface area contributed by atoms with Crippen molar-refractivity contribution in [2.24, 2.45) is 0 Å². The number of urea groups is 1. The van der Waals surface area contributed by atoms with Gasteiger partial charge in [-0.3, -0.25) is 4.79 Å². The molecule has 12 heavy (non-hydrogen) atoms. The largest absolute Gasteiger partial charge is 0.527 e. The smallest absolute Gasteiger partial charge is 0.435 e. The molecule has 0 radical (unpaired) electrons. The Hall–Kier alpha value is -1.69. The SMILES string of the molecule is C[N+]1(C(=O)O)C=CC(=O)NC1=O. The first kappa shape index (κ1) is 8.41. The molecule has 1 aliphatic heterocycles. The second kappa shape index (κ2) is 2.42. The predicted octanol–water partition coefficient (Wildman–Crippen LogP) is -0.125. The van der Waals surface area contributed by atoms with Gasteiger partial charge in [0.25, 0.3) is 5.91 Å². The van der Waals surface area contributed by atoms with E-state index in [1.807, 2.05) is 5.32 Å². The Balaban J connectivity index is 3.07. The molecule has 0 bridgehead atoms. The van der Waals surface area contributed by atoms with Crippen LogP contribution in [0.3, 0.4) is 0 Å². The van der Waals surface area contributed by atoms with Gasteiger partial charge in [-0.2, -0.15) is 4.79 Å². The summed E-state index contributed by atoms with van der Waals surface area (Å²) in [4.78, 5) is 32.1. The van der Waals surface area contributed by atoms with Crippen molar-refractivity contribution >= 4 is 18.0 Å². The van der Waals surface area contributed by atoms with Gasteiger partial charge in [-0.15, -0.1) is 4.48 Å². The summed E-state index contributed by atoms with van der Waals surface area (Å²) in [5.74, 6) is -0.600. The number of hydrogen-bond donors (Lipinski definition) is 2. The molecule has 0 aliphatic carbocycles. The summed E-state index contributed by atoms with van der Waals surface area (Å²) in [6.07, 6.45) is 0.690. The quantitative estimate of drug-likeness (QED) is 0.497. The van der Waals surface area contributed by atoms with Crippen LogP contribution < -0.4 is 5.32 Å². The van der Waals surface area contributed by atoms with Crippen molar-refractivity contribution < 1.29 is 24.0 Å². The second-order valence-electron chi connectivity index (χ2n) is 2.47. The van der Waals surface area contributed by atoms with Gasteiger partial charge in [0, 0.05) is 0 Å². The van der Waals surface area contributed by atoms with Gasteiger partial charge >= 0.3 is 12.1 Å². The molecule has 6 nitrogen and oxygen atoms in total. The lowest BCUT2D eigenvalue weighted by atomic mass is 10.4. The lowest BCUT2D eigenvalue weighted by Gasteiger charge is -2.22. The van der Waals surface area contributed by atoms with Crippen molar-refractivity contribution in [1.29, 1.82) is 0 Å². The standard InChI is InChI=1S/C6H6N2O4/c1-8(6(11)12)3-2-4(9)7-5(8)10/h2-3H,1H3,(H-,7,9,10,11,12)/p+1. The number of nitrogens with zero attached hydrogens (tertiary/aromatic N) is 1. The molecule has 1 atom stereocenters. The molecule has 2 N–H and O–H groups in total. The van der Waals surface area contributed by atoms with Crippen LogP contribution in [-0.4, -0.2) is 34.7 Å². The lowest BCUT2D eigenvalue weighted by molar-refractivity contribution is -0.698. The highest BCUT2D eigenvalue weighted by Crippen LogP contribution is 2.09. The minimum absolute atomic E-state index is 0.600. The number of amides is 4. The summed E-state index contributed by atoms with van der Waals surface area (Å²) < 4.78 is -0.953. The summed E-state index contributed by atoms with van der Waals surface area (Å²) >= 11 is 0. The van der Waals surface area contributed by atoms with E-state index in [9.17, 15) is 14.4 Å². The minimum Gasteiger partial charge on any atom is -0.435 e. The Bertz CT molecular complexity index is 296. The van der Waals surface area contributed by atoms with E-state index in [0.717, 1.165) is 12.3 Å². The first-order chi connectivity index (χ1) is 5.47. The molecule has 0 aromatic rings. The van der Waals surface area contributed by atoms with E-state index in [1.165, 1.54) is 7.05 Å². The van der Waals surface area contributed by atoms with Crippen LogP contribution in [0.5, 0.6) is 0 Å². The van der Waals surface area contributed by atoms with Gasteiger partial charge in [0.05, 0.1) is 13.1 Å². The van der Waals surface area contributed by atoms with E-state index in [2.05, 4.69) is 0 Å². The van der Waals surface area contributed by atoms with Crippen molar-refractivity contribution in [3.63, 3.8) is 0 Å². The fraction of sp³-hybridized carbons (Fsp3) is 0.167. The summed E-state index contributed by atoms with van der Waals surface area (Å²) in [5.41, 5.74) is 0. The number of carbonyl (C=O) groups excluding carboxylic acids is 2. The number of imide groups is 2. The van der Waals surface area contributed by atoms with Crippen molar-refractivity contribution in [3.8, 4) is 0 Å². The summed E-state index contributed by atoms with van der Waals surface area (Å²) in [7, 11) is 1.17.